The highest BCUT2D eigenvalue weighted by molar-refractivity contribution is 5.75. The standard InChI is InChI=1S/C11H21NO3/c1-8(11(14)15-2)12-9-6-4-3-5-7-10(9)13/h8-10,12-13H,3-7H2,1-2H3. The maximum atomic E-state index is 11.2. The van der Waals surface area contributed by atoms with Gasteiger partial charge in [0.1, 0.15) is 6.04 Å². The minimum absolute atomic E-state index is 0.0293. The van der Waals surface area contributed by atoms with Crippen molar-refractivity contribution < 1.29 is 14.6 Å². The molecule has 0 aromatic carbocycles. The van der Waals surface area contributed by atoms with E-state index in [2.05, 4.69) is 10.1 Å². The topological polar surface area (TPSA) is 58.6 Å². The van der Waals surface area contributed by atoms with Crippen LogP contribution in [0.1, 0.15) is 39.0 Å². The Balaban J connectivity index is 2.43. The number of carbonyl (C=O) groups is 1. The molecule has 0 spiro atoms. The number of hydrogen-bond donors (Lipinski definition) is 2. The minimum Gasteiger partial charge on any atom is -0.468 e. The first kappa shape index (κ1) is 12.5. The van der Waals surface area contributed by atoms with Gasteiger partial charge in [0.15, 0.2) is 0 Å². The van der Waals surface area contributed by atoms with E-state index in [4.69, 9.17) is 0 Å². The van der Waals surface area contributed by atoms with Crippen molar-refractivity contribution in [1.29, 1.82) is 0 Å². The molecule has 15 heavy (non-hydrogen) atoms. The Labute approximate surface area is 91.0 Å². The molecular weight excluding hydrogens is 194 g/mol. The van der Waals surface area contributed by atoms with Gasteiger partial charge in [-0.05, 0) is 19.8 Å². The highest BCUT2D eigenvalue weighted by atomic mass is 16.5. The van der Waals surface area contributed by atoms with Gasteiger partial charge in [-0.3, -0.25) is 10.1 Å². The molecule has 4 heteroatoms. The first-order chi connectivity index (χ1) is 7.15. The molecule has 0 bridgehead atoms. The molecule has 3 atom stereocenters. The van der Waals surface area contributed by atoms with Crippen LogP contribution in [-0.2, 0) is 9.53 Å². The number of carbonyl (C=O) groups excluding carboxylic acids is 1. The highest BCUT2D eigenvalue weighted by Gasteiger charge is 2.25. The van der Waals surface area contributed by atoms with Crippen LogP contribution in [0.5, 0.6) is 0 Å². The molecule has 4 nitrogen and oxygen atoms in total. The van der Waals surface area contributed by atoms with Gasteiger partial charge >= 0.3 is 5.97 Å². The Morgan fingerprint density at radius 2 is 2.07 bits per heavy atom. The van der Waals surface area contributed by atoms with Crippen molar-refractivity contribution in [1.82, 2.24) is 5.32 Å². The molecule has 0 radical (unpaired) electrons. The average molecular weight is 215 g/mol. The fraction of sp³-hybridized carbons (Fsp3) is 0.909. The number of ether oxygens (including phenoxy) is 1. The number of aliphatic hydroxyl groups excluding tert-OH is 1. The summed E-state index contributed by atoms with van der Waals surface area (Å²) in [5, 5.41) is 13.0. The second kappa shape index (κ2) is 6.08. The zero-order chi connectivity index (χ0) is 11.3. The molecule has 1 aliphatic rings. The quantitative estimate of drug-likeness (QED) is 0.541. The molecule has 0 aliphatic heterocycles. The summed E-state index contributed by atoms with van der Waals surface area (Å²) in [5.74, 6) is -0.272. The largest absolute Gasteiger partial charge is 0.468 e. The zero-order valence-corrected chi connectivity index (χ0v) is 9.53. The van der Waals surface area contributed by atoms with E-state index in [0.717, 1.165) is 25.7 Å². The van der Waals surface area contributed by atoms with E-state index in [1.165, 1.54) is 13.5 Å². The lowest BCUT2D eigenvalue weighted by molar-refractivity contribution is -0.143. The summed E-state index contributed by atoms with van der Waals surface area (Å²) in [5.41, 5.74) is 0. The van der Waals surface area contributed by atoms with Crippen molar-refractivity contribution in [2.75, 3.05) is 7.11 Å². The monoisotopic (exact) mass is 215 g/mol. The number of nitrogens with one attached hydrogen (secondary N) is 1. The summed E-state index contributed by atoms with van der Waals surface area (Å²) < 4.78 is 4.64. The molecule has 3 unspecified atom stereocenters. The Bertz CT molecular complexity index is 208. The number of hydrogen-bond acceptors (Lipinski definition) is 4. The maximum absolute atomic E-state index is 11.2. The smallest absolute Gasteiger partial charge is 0.322 e. The fourth-order valence-electron chi connectivity index (χ4n) is 2.05. The number of rotatable bonds is 3. The zero-order valence-electron chi connectivity index (χ0n) is 9.53. The second-order valence-corrected chi connectivity index (χ2v) is 4.22. The van der Waals surface area contributed by atoms with Crippen LogP contribution >= 0.6 is 0 Å². The van der Waals surface area contributed by atoms with Crippen LogP contribution in [-0.4, -0.2) is 36.4 Å². The van der Waals surface area contributed by atoms with Crippen molar-refractivity contribution in [2.24, 2.45) is 0 Å². The molecule has 1 fully saturated rings. The predicted molar refractivity (Wildman–Crippen MR) is 57.5 cm³/mol. The van der Waals surface area contributed by atoms with Crippen LogP contribution in [0.25, 0.3) is 0 Å². The van der Waals surface area contributed by atoms with Gasteiger partial charge in [0.2, 0.25) is 0 Å². The molecule has 88 valence electrons. The predicted octanol–water partition coefficient (Wildman–Crippen LogP) is 0.831. The number of esters is 1. The van der Waals surface area contributed by atoms with Gasteiger partial charge in [0, 0.05) is 6.04 Å². The van der Waals surface area contributed by atoms with E-state index in [0.29, 0.717) is 0 Å². The van der Waals surface area contributed by atoms with Gasteiger partial charge in [-0.15, -0.1) is 0 Å². The van der Waals surface area contributed by atoms with Gasteiger partial charge < -0.3 is 9.84 Å². The molecular formula is C11H21NO3. The first-order valence-electron chi connectivity index (χ1n) is 5.67. The Morgan fingerprint density at radius 1 is 1.40 bits per heavy atom. The lowest BCUT2D eigenvalue weighted by Gasteiger charge is -2.24. The van der Waals surface area contributed by atoms with E-state index in [9.17, 15) is 9.90 Å². The first-order valence-corrected chi connectivity index (χ1v) is 5.67. The van der Waals surface area contributed by atoms with Crippen LogP contribution in [0.4, 0.5) is 0 Å². The normalized spacial score (nSPS) is 29.3. The molecule has 0 saturated heterocycles. The summed E-state index contributed by atoms with van der Waals surface area (Å²) in [6.07, 6.45) is 4.78. The van der Waals surface area contributed by atoms with Crippen molar-refractivity contribution in [3.63, 3.8) is 0 Å². The Morgan fingerprint density at radius 3 is 2.73 bits per heavy atom. The summed E-state index contributed by atoms with van der Waals surface area (Å²) in [4.78, 5) is 11.2. The molecule has 0 amide bonds. The SMILES string of the molecule is COC(=O)C(C)NC1CCCCCC1O. The van der Waals surface area contributed by atoms with Crippen LogP contribution in [0, 0.1) is 0 Å². The van der Waals surface area contributed by atoms with Crippen LogP contribution in [0.3, 0.4) is 0 Å². The molecule has 0 heterocycles. The van der Waals surface area contributed by atoms with Gasteiger partial charge in [0.05, 0.1) is 13.2 Å². The Hall–Kier alpha value is -0.610. The molecule has 0 aromatic rings. The van der Waals surface area contributed by atoms with Crippen LogP contribution in [0.2, 0.25) is 0 Å². The fourth-order valence-corrected chi connectivity index (χ4v) is 2.05. The summed E-state index contributed by atoms with van der Waals surface area (Å²) in [6.45, 7) is 1.77. The average Bonchev–Trinajstić information content (AvgIpc) is 2.43. The van der Waals surface area contributed by atoms with Gasteiger partial charge in [-0.2, -0.15) is 0 Å². The highest BCUT2D eigenvalue weighted by Crippen LogP contribution is 2.18. The summed E-state index contributed by atoms with van der Waals surface area (Å²) >= 11 is 0. The second-order valence-electron chi connectivity index (χ2n) is 4.22. The van der Waals surface area contributed by atoms with Gasteiger partial charge in [-0.25, -0.2) is 0 Å². The molecule has 2 N–H and O–H groups in total. The summed E-state index contributed by atoms with van der Waals surface area (Å²) in [6, 6.07) is -0.311. The van der Waals surface area contributed by atoms with Crippen molar-refractivity contribution in [2.45, 2.75) is 57.2 Å². The Kier molecular flexibility index (Phi) is 5.05. The van der Waals surface area contributed by atoms with E-state index in [1.807, 2.05) is 0 Å². The molecule has 1 saturated carbocycles. The van der Waals surface area contributed by atoms with E-state index in [-0.39, 0.29) is 24.2 Å². The van der Waals surface area contributed by atoms with Crippen LogP contribution < -0.4 is 5.32 Å². The van der Waals surface area contributed by atoms with E-state index in [1.54, 1.807) is 6.92 Å². The molecule has 1 aliphatic carbocycles. The third kappa shape index (κ3) is 3.80. The van der Waals surface area contributed by atoms with Gasteiger partial charge in [0.25, 0.3) is 0 Å². The molecule has 0 aromatic heterocycles. The number of aliphatic hydroxyl groups is 1. The summed E-state index contributed by atoms with van der Waals surface area (Å²) in [7, 11) is 1.38. The van der Waals surface area contributed by atoms with E-state index < -0.39 is 0 Å². The number of methoxy groups -OCH3 is 1. The third-order valence-corrected chi connectivity index (χ3v) is 3.00. The van der Waals surface area contributed by atoms with Gasteiger partial charge in [-0.1, -0.05) is 19.3 Å². The van der Waals surface area contributed by atoms with Crippen LogP contribution in [0.15, 0.2) is 0 Å². The third-order valence-electron chi connectivity index (χ3n) is 3.00. The minimum atomic E-state index is -0.340. The van der Waals surface area contributed by atoms with Crippen molar-refractivity contribution in [3.05, 3.63) is 0 Å². The van der Waals surface area contributed by atoms with Crippen molar-refractivity contribution >= 4 is 5.97 Å². The lowest BCUT2D eigenvalue weighted by Crippen LogP contribution is -2.47. The maximum Gasteiger partial charge on any atom is 0.322 e. The molecule has 1 rings (SSSR count). The van der Waals surface area contributed by atoms with Crippen molar-refractivity contribution in [3.8, 4) is 0 Å². The van der Waals surface area contributed by atoms with E-state index >= 15 is 0 Å². The lowest BCUT2D eigenvalue weighted by atomic mass is 10.1.